The molecule has 0 saturated heterocycles. The molecule has 0 amide bonds. The third-order valence-electron chi connectivity index (χ3n) is 3.01. The number of fused-ring (bicyclic) bond motifs is 1. The predicted octanol–water partition coefficient (Wildman–Crippen LogP) is 3.61. The fourth-order valence-electron chi connectivity index (χ4n) is 2.07. The minimum absolute atomic E-state index is 0.523. The van der Waals surface area contributed by atoms with Gasteiger partial charge in [0, 0.05) is 12.1 Å². The Balaban J connectivity index is 1.98. The van der Waals surface area contributed by atoms with Gasteiger partial charge < -0.3 is 10.5 Å². The summed E-state index contributed by atoms with van der Waals surface area (Å²) in [5.74, 6) is 0.849. The van der Waals surface area contributed by atoms with Gasteiger partial charge in [0.15, 0.2) is 0 Å². The van der Waals surface area contributed by atoms with Crippen molar-refractivity contribution >= 4 is 21.6 Å². The highest BCUT2D eigenvalue weighted by Crippen LogP contribution is 2.32. The summed E-state index contributed by atoms with van der Waals surface area (Å²) in [5, 5.41) is 1.04. The van der Waals surface area contributed by atoms with Gasteiger partial charge in [-0.05, 0) is 31.2 Å². The molecule has 0 spiro atoms. The normalized spacial score (nSPS) is 10.9. The van der Waals surface area contributed by atoms with Crippen LogP contribution in [0.2, 0.25) is 0 Å². The Bertz CT molecular complexity index is 736. The molecule has 102 valence electrons. The van der Waals surface area contributed by atoms with Crippen molar-refractivity contribution in [1.82, 2.24) is 4.98 Å². The van der Waals surface area contributed by atoms with E-state index in [0.29, 0.717) is 13.2 Å². The van der Waals surface area contributed by atoms with Crippen LogP contribution in [0.25, 0.3) is 20.8 Å². The second kappa shape index (κ2) is 5.61. The lowest BCUT2D eigenvalue weighted by Gasteiger charge is -2.02. The molecular weight excluding hydrogens is 268 g/mol. The van der Waals surface area contributed by atoms with E-state index in [1.165, 1.54) is 5.56 Å². The highest BCUT2D eigenvalue weighted by Gasteiger charge is 2.07. The molecule has 0 atom stereocenters. The number of rotatable bonds is 4. The topological polar surface area (TPSA) is 48.1 Å². The average molecular weight is 284 g/mol. The van der Waals surface area contributed by atoms with Gasteiger partial charge >= 0.3 is 0 Å². The van der Waals surface area contributed by atoms with Crippen LogP contribution in [0.4, 0.5) is 0 Å². The highest BCUT2D eigenvalue weighted by molar-refractivity contribution is 7.21. The summed E-state index contributed by atoms with van der Waals surface area (Å²) in [6.07, 6.45) is 0. The fourth-order valence-corrected chi connectivity index (χ4v) is 3.06. The summed E-state index contributed by atoms with van der Waals surface area (Å²) in [7, 11) is 0. The highest BCUT2D eigenvalue weighted by atomic mass is 32.1. The lowest BCUT2D eigenvalue weighted by molar-refractivity contribution is 0.329. The Morgan fingerprint density at radius 1 is 1.20 bits per heavy atom. The molecule has 3 nitrogen and oxygen atoms in total. The van der Waals surface area contributed by atoms with Gasteiger partial charge in [0.2, 0.25) is 0 Å². The second-order valence-electron chi connectivity index (χ2n) is 4.66. The Morgan fingerprint density at radius 3 is 2.90 bits per heavy atom. The first-order chi connectivity index (χ1) is 9.76. The number of ether oxygens (including phenoxy) is 1. The van der Waals surface area contributed by atoms with Crippen LogP contribution < -0.4 is 10.5 Å². The molecule has 1 heterocycles. The first kappa shape index (κ1) is 13.1. The molecule has 4 heteroatoms. The number of aryl methyl sites for hydroxylation is 1. The SMILES string of the molecule is Cc1cccc(-c2nc3ccc(OCCN)cc3s2)c1. The summed E-state index contributed by atoms with van der Waals surface area (Å²) in [6, 6.07) is 14.4. The van der Waals surface area contributed by atoms with Crippen molar-refractivity contribution in [2.24, 2.45) is 5.73 Å². The zero-order valence-corrected chi connectivity index (χ0v) is 12.1. The van der Waals surface area contributed by atoms with Gasteiger partial charge in [-0.25, -0.2) is 4.98 Å². The van der Waals surface area contributed by atoms with E-state index >= 15 is 0 Å². The Labute approximate surface area is 122 Å². The summed E-state index contributed by atoms with van der Waals surface area (Å²) < 4.78 is 6.69. The van der Waals surface area contributed by atoms with Crippen LogP contribution >= 0.6 is 11.3 Å². The van der Waals surface area contributed by atoms with E-state index in [0.717, 1.165) is 26.5 Å². The van der Waals surface area contributed by atoms with E-state index in [2.05, 4.69) is 36.2 Å². The van der Waals surface area contributed by atoms with Gasteiger partial charge in [0.25, 0.3) is 0 Å². The van der Waals surface area contributed by atoms with Crippen LogP contribution in [0.3, 0.4) is 0 Å². The van der Waals surface area contributed by atoms with Crippen LogP contribution in [0.15, 0.2) is 42.5 Å². The lowest BCUT2D eigenvalue weighted by Crippen LogP contribution is -2.10. The van der Waals surface area contributed by atoms with Crippen molar-refractivity contribution in [3.05, 3.63) is 48.0 Å². The molecule has 3 aromatic rings. The van der Waals surface area contributed by atoms with Crippen molar-refractivity contribution < 1.29 is 4.74 Å². The molecule has 0 fully saturated rings. The maximum absolute atomic E-state index is 5.55. The maximum atomic E-state index is 5.55. The Morgan fingerprint density at radius 2 is 2.10 bits per heavy atom. The number of hydrogen-bond donors (Lipinski definition) is 1. The number of aromatic nitrogens is 1. The molecule has 0 saturated carbocycles. The molecule has 3 rings (SSSR count). The van der Waals surface area contributed by atoms with Crippen molar-refractivity contribution in [3.63, 3.8) is 0 Å². The number of nitrogens with zero attached hydrogens (tertiary/aromatic N) is 1. The van der Waals surface area contributed by atoms with Crippen LogP contribution in [0.1, 0.15) is 5.56 Å². The monoisotopic (exact) mass is 284 g/mol. The first-order valence-electron chi connectivity index (χ1n) is 6.57. The van der Waals surface area contributed by atoms with Crippen LogP contribution in [0.5, 0.6) is 5.75 Å². The van der Waals surface area contributed by atoms with Crippen LogP contribution in [-0.2, 0) is 0 Å². The van der Waals surface area contributed by atoms with E-state index in [1.807, 2.05) is 18.2 Å². The second-order valence-corrected chi connectivity index (χ2v) is 5.69. The van der Waals surface area contributed by atoms with Gasteiger partial charge in [-0.2, -0.15) is 0 Å². The van der Waals surface area contributed by atoms with Crippen LogP contribution in [0, 0.1) is 6.92 Å². The third kappa shape index (κ3) is 2.66. The van der Waals surface area contributed by atoms with Crippen molar-refractivity contribution in [2.45, 2.75) is 6.92 Å². The maximum Gasteiger partial charge on any atom is 0.124 e. The summed E-state index contributed by atoms with van der Waals surface area (Å²) in [6.45, 7) is 3.15. The number of nitrogens with two attached hydrogens (primary N) is 1. The minimum atomic E-state index is 0.523. The van der Waals surface area contributed by atoms with Gasteiger partial charge in [0.05, 0.1) is 10.2 Å². The van der Waals surface area contributed by atoms with E-state index < -0.39 is 0 Å². The predicted molar refractivity (Wildman–Crippen MR) is 84.3 cm³/mol. The van der Waals surface area contributed by atoms with E-state index in [9.17, 15) is 0 Å². The van der Waals surface area contributed by atoms with Gasteiger partial charge in [-0.3, -0.25) is 0 Å². The van der Waals surface area contributed by atoms with Gasteiger partial charge in [-0.1, -0.05) is 23.8 Å². The summed E-state index contributed by atoms with van der Waals surface area (Å²) in [4.78, 5) is 4.68. The third-order valence-corrected chi connectivity index (χ3v) is 4.08. The number of benzene rings is 2. The Hall–Kier alpha value is -1.91. The van der Waals surface area contributed by atoms with E-state index in [1.54, 1.807) is 11.3 Å². The molecule has 0 bridgehead atoms. The standard InChI is InChI=1S/C16H16N2OS/c1-11-3-2-4-12(9-11)16-18-14-6-5-13(19-8-7-17)10-15(14)20-16/h2-6,9-10H,7-8,17H2,1H3. The molecule has 20 heavy (non-hydrogen) atoms. The molecule has 0 unspecified atom stereocenters. The van der Waals surface area contributed by atoms with E-state index in [4.69, 9.17) is 10.5 Å². The van der Waals surface area contributed by atoms with Gasteiger partial charge in [-0.15, -0.1) is 11.3 Å². The molecule has 0 aliphatic carbocycles. The van der Waals surface area contributed by atoms with Crippen molar-refractivity contribution in [1.29, 1.82) is 0 Å². The molecule has 2 aromatic carbocycles. The molecule has 0 aliphatic heterocycles. The van der Waals surface area contributed by atoms with Crippen molar-refractivity contribution in [3.8, 4) is 16.3 Å². The Kier molecular flexibility index (Phi) is 3.67. The molecule has 0 radical (unpaired) electrons. The van der Waals surface area contributed by atoms with Gasteiger partial charge in [0.1, 0.15) is 17.4 Å². The molecule has 1 aromatic heterocycles. The summed E-state index contributed by atoms with van der Waals surface area (Å²) in [5.41, 5.74) is 8.86. The quantitative estimate of drug-likeness (QED) is 0.796. The first-order valence-corrected chi connectivity index (χ1v) is 7.38. The average Bonchev–Trinajstić information content (AvgIpc) is 2.88. The van der Waals surface area contributed by atoms with Crippen molar-refractivity contribution in [2.75, 3.05) is 13.2 Å². The zero-order valence-electron chi connectivity index (χ0n) is 11.3. The smallest absolute Gasteiger partial charge is 0.124 e. The zero-order chi connectivity index (χ0) is 13.9. The minimum Gasteiger partial charge on any atom is -0.492 e. The van der Waals surface area contributed by atoms with Crippen LogP contribution in [-0.4, -0.2) is 18.1 Å². The number of hydrogen-bond acceptors (Lipinski definition) is 4. The lowest BCUT2D eigenvalue weighted by atomic mass is 10.1. The summed E-state index contributed by atoms with van der Waals surface area (Å²) >= 11 is 1.68. The van der Waals surface area contributed by atoms with E-state index in [-0.39, 0.29) is 0 Å². The fraction of sp³-hybridized carbons (Fsp3) is 0.188. The molecule has 2 N–H and O–H groups in total. The molecular formula is C16H16N2OS. The molecule has 0 aliphatic rings. The number of thiazole rings is 1. The largest absolute Gasteiger partial charge is 0.492 e.